The van der Waals surface area contributed by atoms with Crippen LogP contribution in [0.2, 0.25) is 0 Å². The van der Waals surface area contributed by atoms with E-state index in [2.05, 4.69) is 12.2 Å². The van der Waals surface area contributed by atoms with Gasteiger partial charge in [0, 0.05) is 10.5 Å². The standard InChI is InChI=1S/C19H27NO3S/c1-5-8-13-9-10-14-15(11-13)24-18(16(14)19(22)23-7-3)20-17(21)12(4)6-2/h6,13H,5,7-11H2,1-4H3,(H,20,21). The summed E-state index contributed by atoms with van der Waals surface area (Å²) >= 11 is 1.54. The third-order valence-electron chi connectivity index (χ3n) is 4.56. The van der Waals surface area contributed by atoms with Crippen molar-refractivity contribution in [3.63, 3.8) is 0 Å². The van der Waals surface area contributed by atoms with Crippen molar-refractivity contribution in [3.8, 4) is 0 Å². The zero-order valence-electron chi connectivity index (χ0n) is 15.0. The first-order valence-electron chi connectivity index (χ1n) is 8.77. The largest absolute Gasteiger partial charge is 0.462 e. The Morgan fingerprint density at radius 3 is 2.75 bits per heavy atom. The quantitative estimate of drug-likeness (QED) is 0.596. The monoisotopic (exact) mass is 349 g/mol. The van der Waals surface area contributed by atoms with Crippen LogP contribution in [0.25, 0.3) is 0 Å². The van der Waals surface area contributed by atoms with E-state index in [9.17, 15) is 9.59 Å². The summed E-state index contributed by atoms with van der Waals surface area (Å²) in [6.45, 7) is 7.94. The summed E-state index contributed by atoms with van der Waals surface area (Å²) < 4.78 is 5.24. The number of rotatable bonds is 6. The summed E-state index contributed by atoms with van der Waals surface area (Å²) in [5.74, 6) is 0.196. The molecule has 24 heavy (non-hydrogen) atoms. The topological polar surface area (TPSA) is 55.4 Å². The lowest BCUT2D eigenvalue weighted by Gasteiger charge is -2.21. The first-order chi connectivity index (χ1) is 11.5. The third kappa shape index (κ3) is 4.07. The number of hydrogen-bond donors (Lipinski definition) is 1. The number of nitrogens with one attached hydrogen (secondary N) is 1. The molecular weight excluding hydrogens is 322 g/mol. The molecule has 1 aliphatic rings. The number of esters is 1. The Balaban J connectivity index is 2.35. The van der Waals surface area contributed by atoms with Crippen molar-refractivity contribution in [2.75, 3.05) is 11.9 Å². The van der Waals surface area contributed by atoms with Crippen LogP contribution in [-0.4, -0.2) is 18.5 Å². The van der Waals surface area contributed by atoms with Crippen LogP contribution in [-0.2, 0) is 22.4 Å². The smallest absolute Gasteiger partial charge is 0.341 e. The van der Waals surface area contributed by atoms with Gasteiger partial charge >= 0.3 is 5.97 Å². The Morgan fingerprint density at radius 1 is 1.38 bits per heavy atom. The predicted octanol–water partition coefficient (Wildman–Crippen LogP) is 4.73. The maximum absolute atomic E-state index is 12.4. The molecule has 1 N–H and O–H groups in total. The van der Waals surface area contributed by atoms with Gasteiger partial charge in [-0.15, -0.1) is 11.3 Å². The molecule has 1 amide bonds. The van der Waals surface area contributed by atoms with Gasteiger partial charge < -0.3 is 10.1 Å². The lowest BCUT2D eigenvalue weighted by molar-refractivity contribution is -0.112. The zero-order chi connectivity index (χ0) is 17.7. The van der Waals surface area contributed by atoms with Gasteiger partial charge in [-0.2, -0.15) is 0 Å². The molecular formula is C19H27NO3S. The van der Waals surface area contributed by atoms with E-state index in [1.807, 2.05) is 6.92 Å². The fraction of sp³-hybridized carbons (Fsp3) is 0.579. The fourth-order valence-electron chi connectivity index (χ4n) is 3.15. The van der Waals surface area contributed by atoms with Crippen LogP contribution < -0.4 is 5.32 Å². The summed E-state index contributed by atoms with van der Waals surface area (Å²) in [4.78, 5) is 25.9. The molecule has 0 bridgehead atoms. The van der Waals surface area contributed by atoms with Crippen LogP contribution in [0.4, 0.5) is 5.00 Å². The van der Waals surface area contributed by atoms with Gasteiger partial charge in [0.2, 0.25) is 0 Å². The molecule has 1 atom stereocenters. The molecule has 0 aromatic carbocycles. The molecule has 1 aromatic rings. The average Bonchev–Trinajstić information content (AvgIpc) is 2.91. The molecule has 0 fully saturated rings. The number of thiophene rings is 1. The van der Waals surface area contributed by atoms with Crippen LogP contribution in [0.15, 0.2) is 11.6 Å². The Hall–Kier alpha value is -1.62. The highest BCUT2D eigenvalue weighted by molar-refractivity contribution is 7.17. The fourth-order valence-corrected chi connectivity index (χ4v) is 4.49. The first-order valence-corrected chi connectivity index (χ1v) is 9.59. The predicted molar refractivity (Wildman–Crippen MR) is 98.8 cm³/mol. The average molecular weight is 349 g/mol. The Kier molecular flexibility index (Phi) is 6.60. The second-order valence-corrected chi connectivity index (χ2v) is 7.36. The SMILES string of the molecule is CC=C(C)C(=O)Nc1sc2c(c1C(=O)OCC)CCC(CCC)C2. The van der Waals surface area contributed by atoms with E-state index in [1.54, 1.807) is 31.3 Å². The summed E-state index contributed by atoms with van der Waals surface area (Å²) in [7, 11) is 0. The third-order valence-corrected chi connectivity index (χ3v) is 5.73. The van der Waals surface area contributed by atoms with Crippen LogP contribution >= 0.6 is 11.3 Å². The minimum atomic E-state index is -0.322. The van der Waals surface area contributed by atoms with E-state index < -0.39 is 0 Å². The number of allylic oxidation sites excluding steroid dienone is 1. The number of fused-ring (bicyclic) bond motifs is 1. The number of ether oxygens (including phenoxy) is 1. The minimum Gasteiger partial charge on any atom is -0.462 e. The van der Waals surface area contributed by atoms with Gasteiger partial charge in [-0.1, -0.05) is 25.8 Å². The van der Waals surface area contributed by atoms with Crippen LogP contribution in [0.5, 0.6) is 0 Å². The van der Waals surface area contributed by atoms with E-state index in [-0.39, 0.29) is 11.9 Å². The molecule has 1 unspecified atom stereocenters. The van der Waals surface area contributed by atoms with Gasteiger partial charge in [-0.3, -0.25) is 4.79 Å². The van der Waals surface area contributed by atoms with Crippen LogP contribution in [0, 0.1) is 5.92 Å². The van der Waals surface area contributed by atoms with Crippen molar-refractivity contribution >= 4 is 28.2 Å². The lowest BCUT2D eigenvalue weighted by atomic mass is 9.84. The van der Waals surface area contributed by atoms with Crippen molar-refractivity contribution in [2.24, 2.45) is 5.92 Å². The number of carbonyl (C=O) groups excluding carboxylic acids is 2. The molecule has 5 heteroatoms. The zero-order valence-corrected chi connectivity index (χ0v) is 15.8. The molecule has 1 heterocycles. The van der Waals surface area contributed by atoms with Crippen molar-refractivity contribution in [1.29, 1.82) is 0 Å². The molecule has 132 valence electrons. The van der Waals surface area contributed by atoms with Gasteiger partial charge in [0.1, 0.15) is 5.00 Å². The number of amides is 1. The van der Waals surface area contributed by atoms with Gasteiger partial charge in [0.15, 0.2) is 0 Å². The Bertz CT molecular complexity index is 645. The summed E-state index contributed by atoms with van der Waals surface area (Å²) in [5.41, 5.74) is 2.29. The highest BCUT2D eigenvalue weighted by Crippen LogP contribution is 2.41. The van der Waals surface area contributed by atoms with Gasteiger partial charge in [0.25, 0.3) is 5.91 Å². The normalized spacial score (nSPS) is 17.3. The van der Waals surface area contributed by atoms with E-state index in [4.69, 9.17) is 4.74 Å². The molecule has 4 nitrogen and oxygen atoms in total. The molecule has 0 spiro atoms. The number of anilines is 1. The molecule has 0 saturated heterocycles. The Labute approximate surface area is 148 Å². The number of hydrogen-bond acceptors (Lipinski definition) is 4. The van der Waals surface area contributed by atoms with E-state index in [0.717, 1.165) is 24.8 Å². The minimum absolute atomic E-state index is 0.160. The maximum Gasteiger partial charge on any atom is 0.341 e. The first kappa shape index (κ1) is 18.7. The second-order valence-electron chi connectivity index (χ2n) is 6.25. The molecule has 0 aliphatic heterocycles. The summed E-state index contributed by atoms with van der Waals surface area (Å²) in [6, 6.07) is 0. The van der Waals surface area contributed by atoms with Crippen LogP contribution in [0.1, 0.15) is 67.8 Å². The molecule has 1 aromatic heterocycles. The van der Waals surface area contributed by atoms with Crippen molar-refractivity contribution in [3.05, 3.63) is 27.7 Å². The number of carbonyl (C=O) groups is 2. The van der Waals surface area contributed by atoms with Crippen molar-refractivity contribution < 1.29 is 14.3 Å². The maximum atomic E-state index is 12.4. The lowest BCUT2D eigenvalue weighted by Crippen LogP contribution is -2.17. The van der Waals surface area contributed by atoms with Gasteiger partial charge in [-0.05, 0) is 51.5 Å². The highest BCUT2D eigenvalue weighted by atomic mass is 32.1. The van der Waals surface area contributed by atoms with Gasteiger partial charge in [-0.25, -0.2) is 4.79 Å². The second kappa shape index (κ2) is 8.47. The molecule has 2 rings (SSSR count). The van der Waals surface area contributed by atoms with Crippen molar-refractivity contribution in [2.45, 2.75) is 59.8 Å². The molecule has 0 radical (unpaired) electrons. The van der Waals surface area contributed by atoms with Crippen LogP contribution in [0.3, 0.4) is 0 Å². The highest BCUT2D eigenvalue weighted by Gasteiger charge is 2.30. The van der Waals surface area contributed by atoms with E-state index in [0.29, 0.717) is 28.7 Å². The Morgan fingerprint density at radius 2 is 2.12 bits per heavy atom. The summed E-state index contributed by atoms with van der Waals surface area (Å²) in [6.07, 6.45) is 7.16. The van der Waals surface area contributed by atoms with E-state index in [1.165, 1.54) is 17.7 Å². The van der Waals surface area contributed by atoms with E-state index >= 15 is 0 Å². The molecule has 1 aliphatic carbocycles. The van der Waals surface area contributed by atoms with Gasteiger partial charge in [0.05, 0.1) is 12.2 Å². The summed E-state index contributed by atoms with van der Waals surface area (Å²) in [5, 5.41) is 3.56. The van der Waals surface area contributed by atoms with Crippen molar-refractivity contribution in [1.82, 2.24) is 0 Å². The molecule has 0 saturated carbocycles.